The van der Waals surface area contributed by atoms with Gasteiger partial charge < -0.3 is 34.1 Å². The Morgan fingerprint density at radius 3 is 2.38 bits per heavy atom. The van der Waals surface area contributed by atoms with Gasteiger partial charge in [-0.05, 0) is 59.2 Å². The summed E-state index contributed by atoms with van der Waals surface area (Å²) in [6, 6.07) is -0.213. The van der Waals surface area contributed by atoms with Gasteiger partial charge in [0.25, 0.3) is 0 Å². The van der Waals surface area contributed by atoms with Crippen LogP contribution in [0.4, 0.5) is 0 Å². The fourth-order valence-electron chi connectivity index (χ4n) is 5.84. The summed E-state index contributed by atoms with van der Waals surface area (Å²) in [5.74, 6) is -2.20. The molecule has 228 valence electrons. The zero-order valence-corrected chi connectivity index (χ0v) is 25.5. The maximum Gasteiger partial charge on any atom is 0.308 e. The van der Waals surface area contributed by atoms with Crippen LogP contribution in [0.15, 0.2) is 23.8 Å². The molecule has 2 N–H and O–H groups in total. The van der Waals surface area contributed by atoms with Crippen LogP contribution in [0.25, 0.3) is 0 Å². The van der Waals surface area contributed by atoms with E-state index in [1.165, 1.54) is 0 Å². The molecule has 40 heavy (non-hydrogen) atoms. The molecule has 0 bridgehead atoms. The SMILES string of the molecule is CCC1OC(=O)C[C@@H](O)[C@@H](C)C(O[C@@H]2O[C@H](C)C[C@H](N(C)C)[C@H]2O)[C@@H](CC=O)C[C@@H](C)C(=O)/C=C/C(C)=C\[C@@H]1C. The number of rotatable bonds is 6. The third-order valence-electron chi connectivity index (χ3n) is 8.38. The van der Waals surface area contributed by atoms with E-state index in [0.717, 1.165) is 11.9 Å². The van der Waals surface area contributed by atoms with Crippen LogP contribution in [0.2, 0.25) is 0 Å². The Hall–Kier alpha value is -1.91. The van der Waals surface area contributed by atoms with E-state index in [1.807, 2.05) is 59.7 Å². The molecule has 2 aliphatic rings. The van der Waals surface area contributed by atoms with Gasteiger partial charge in [-0.15, -0.1) is 0 Å². The monoisotopic (exact) mass is 565 g/mol. The molecule has 2 unspecified atom stereocenters. The molecule has 2 heterocycles. The van der Waals surface area contributed by atoms with E-state index in [9.17, 15) is 24.6 Å². The number of ether oxygens (including phenoxy) is 3. The number of aldehydes is 1. The molecule has 2 aliphatic heterocycles. The number of cyclic esters (lactones) is 1. The lowest BCUT2D eigenvalue weighted by Crippen LogP contribution is -2.56. The quantitative estimate of drug-likeness (QED) is 0.368. The maximum atomic E-state index is 13.1. The highest BCUT2D eigenvalue weighted by atomic mass is 16.7. The summed E-state index contributed by atoms with van der Waals surface area (Å²) in [7, 11) is 3.76. The molecule has 1 saturated heterocycles. The first-order chi connectivity index (χ1) is 18.8. The van der Waals surface area contributed by atoms with Crippen LogP contribution in [-0.2, 0) is 28.6 Å². The van der Waals surface area contributed by atoms with Crippen molar-refractivity contribution in [2.75, 3.05) is 14.1 Å². The Morgan fingerprint density at radius 2 is 1.77 bits per heavy atom. The number of hydrogen-bond acceptors (Lipinski definition) is 9. The normalized spacial score (nSPS) is 41.2. The fourth-order valence-corrected chi connectivity index (χ4v) is 5.84. The molecule has 9 heteroatoms. The number of aliphatic hydroxyl groups is 2. The number of nitrogens with zero attached hydrogens (tertiary/aromatic N) is 1. The average molecular weight is 566 g/mol. The van der Waals surface area contributed by atoms with Crippen molar-refractivity contribution < 1.29 is 38.8 Å². The number of allylic oxidation sites excluding steroid dienone is 3. The standard InChI is InChI=1S/C31H51NO8/c1-9-27-20(4)14-18(2)10-11-25(34)19(3)15-23(12-13-33)30(22(6)26(35)17-28(36)39-27)40-31-29(37)24(32(7)8)16-21(5)38-31/h10-11,13-14,19-24,26-27,29-31,35,37H,9,12,15-17H2,1-8H3/b11-10+,18-14-/t19-,20+,21-,22-,23+,24+,26-,27?,29-,30?,31+/m1/s1. The van der Waals surface area contributed by atoms with E-state index in [0.29, 0.717) is 19.3 Å². The minimum Gasteiger partial charge on any atom is -0.462 e. The summed E-state index contributed by atoms with van der Waals surface area (Å²) in [6.07, 6.45) is 2.94. The van der Waals surface area contributed by atoms with Gasteiger partial charge in [-0.2, -0.15) is 0 Å². The predicted octanol–water partition coefficient (Wildman–Crippen LogP) is 3.46. The van der Waals surface area contributed by atoms with Crippen LogP contribution in [0.3, 0.4) is 0 Å². The van der Waals surface area contributed by atoms with Crippen molar-refractivity contribution in [3.8, 4) is 0 Å². The summed E-state index contributed by atoms with van der Waals surface area (Å²) >= 11 is 0. The number of likely N-dealkylation sites (N-methyl/N-ethyl adjacent to an activating group) is 1. The minimum absolute atomic E-state index is 0.0796. The highest BCUT2D eigenvalue weighted by molar-refractivity contribution is 5.91. The van der Waals surface area contributed by atoms with E-state index in [2.05, 4.69) is 0 Å². The summed E-state index contributed by atoms with van der Waals surface area (Å²) in [5.41, 5.74) is 0.877. The van der Waals surface area contributed by atoms with Gasteiger partial charge in [0.1, 0.15) is 18.5 Å². The predicted molar refractivity (Wildman–Crippen MR) is 152 cm³/mol. The summed E-state index contributed by atoms with van der Waals surface area (Å²) < 4.78 is 18.2. The smallest absolute Gasteiger partial charge is 0.308 e. The van der Waals surface area contributed by atoms with Gasteiger partial charge in [-0.25, -0.2) is 0 Å². The fraction of sp³-hybridized carbons (Fsp3) is 0.774. The largest absolute Gasteiger partial charge is 0.462 e. The van der Waals surface area contributed by atoms with Gasteiger partial charge in [0.05, 0.1) is 24.7 Å². The van der Waals surface area contributed by atoms with Crippen molar-refractivity contribution in [1.82, 2.24) is 4.90 Å². The van der Waals surface area contributed by atoms with Crippen molar-refractivity contribution in [2.45, 2.75) is 116 Å². The second kappa shape index (κ2) is 15.9. The third kappa shape index (κ3) is 9.58. The first-order valence-corrected chi connectivity index (χ1v) is 14.7. The Labute approximate surface area is 239 Å². The van der Waals surface area contributed by atoms with Gasteiger partial charge in [0.2, 0.25) is 0 Å². The first-order valence-electron chi connectivity index (χ1n) is 14.7. The van der Waals surface area contributed by atoms with Crippen LogP contribution >= 0.6 is 0 Å². The van der Waals surface area contributed by atoms with Gasteiger partial charge in [0, 0.05) is 30.2 Å². The van der Waals surface area contributed by atoms with Gasteiger partial charge in [-0.1, -0.05) is 45.4 Å². The summed E-state index contributed by atoms with van der Waals surface area (Å²) in [5, 5.41) is 22.3. The van der Waals surface area contributed by atoms with Gasteiger partial charge in [-0.3, -0.25) is 9.59 Å². The molecule has 2 rings (SSSR count). The van der Waals surface area contributed by atoms with Crippen LogP contribution in [0, 0.1) is 23.7 Å². The number of ketones is 1. The van der Waals surface area contributed by atoms with E-state index in [-0.39, 0.29) is 42.8 Å². The van der Waals surface area contributed by atoms with E-state index in [4.69, 9.17) is 14.2 Å². The van der Waals surface area contributed by atoms with Crippen molar-refractivity contribution in [3.63, 3.8) is 0 Å². The zero-order valence-electron chi connectivity index (χ0n) is 25.5. The average Bonchev–Trinajstić information content (AvgIpc) is 2.88. The molecule has 1 fully saturated rings. The second-order valence-electron chi connectivity index (χ2n) is 12.0. The molecular formula is C31H51NO8. The molecule has 0 aromatic carbocycles. The van der Waals surface area contributed by atoms with Crippen molar-refractivity contribution in [2.24, 2.45) is 23.7 Å². The lowest BCUT2D eigenvalue weighted by atomic mass is 9.79. The molecule has 9 nitrogen and oxygen atoms in total. The van der Waals surface area contributed by atoms with Crippen LogP contribution < -0.4 is 0 Å². The molecule has 11 atom stereocenters. The number of carbonyl (C=O) groups is 3. The lowest BCUT2D eigenvalue weighted by molar-refractivity contribution is -0.283. The Balaban J connectivity index is 2.48. The molecule has 0 amide bonds. The molecule has 0 aliphatic carbocycles. The number of hydrogen-bond donors (Lipinski definition) is 2. The zero-order chi connectivity index (χ0) is 30.1. The number of esters is 1. The lowest BCUT2D eigenvalue weighted by Gasteiger charge is -2.44. The topological polar surface area (TPSA) is 123 Å². The Kier molecular flexibility index (Phi) is 13.6. The maximum absolute atomic E-state index is 13.1. The van der Waals surface area contributed by atoms with Crippen molar-refractivity contribution in [1.29, 1.82) is 0 Å². The molecule has 0 radical (unpaired) electrons. The van der Waals surface area contributed by atoms with Crippen LogP contribution in [0.5, 0.6) is 0 Å². The first kappa shape index (κ1) is 34.3. The highest BCUT2D eigenvalue weighted by Gasteiger charge is 2.43. The van der Waals surface area contributed by atoms with Gasteiger partial charge in [0.15, 0.2) is 12.1 Å². The van der Waals surface area contributed by atoms with E-state index >= 15 is 0 Å². The molecule has 0 spiro atoms. The molecule has 0 saturated carbocycles. The van der Waals surface area contributed by atoms with Crippen LogP contribution in [-0.4, -0.2) is 90.1 Å². The van der Waals surface area contributed by atoms with Gasteiger partial charge >= 0.3 is 5.97 Å². The summed E-state index contributed by atoms with van der Waals surface area (Å²) in [6.45, 7) is 11.3. The Morgan fingerprint density at radius 1 is 1.10 bits per heavy atom. The Bertz CT molecular complexity index is 902. The molecular weight excluding hydrogens is 514 g/mol. The molecule has 0 aromatic heterocycles. The minimum atomic E-state index is -1.14. The number of carbonyl (C=O) groups excluding carboxylic acids is 3. The van der Waals surface area contributed by atoms with E-state index in [1.54, 1.807) is 19.1 Å². The third-order valence-corrected chi connectivity index (χ3v) is 8.38. The van der Waals surface area contributed by atoms with E-state index < -0.39 is 48.3 Å². The van der Waals surface area contributed by atoms with Crippen molar-refractivity contribution >= 4 is 18.0 Å². The summed E-state index contributed by atoms with van der Waals surface area (Å²) in [4.78, 5) is 39.7. The second-order valence-corrected chi connectivity index (χ2v) is 12.0. The molecule has 0 aromatic rings. The number of aliphatic hydroxyl groups excluding tert-OH is 2. The van der Waals surface area contributed by atoms with Crippen molar-refractivity contribution in [3.05, 3.63) is 23.8 Å². The van der Waals surface area contributed by atoms with Crippen LogP contribution in [0.1, 0.15) is 73.6 Å². The highest BCUT2D eigenvalue weighted by Crippen LogP contribution is 2.34.